The maximum atomic E-state index is 9.85. The Morgan fingerprint density at radius 1 is 1.15 bits per heavy atom. The van der Waals surface area contributed by atoms with Crippen molar-refractivity contribution in [2.24, 2.45) is 0 Å². The van der Waals surface area contributed by atoms with Gasteiger partial charge in [0.25, 0.3) is 0 Å². The predicted molar refractivity (Wildman–Crippen MR) is 82.6 cm³/mol. The molecule has 0 saturated carbocycles. The van der Waals surface area contributed by atoms with E-state index in [1.807, 2.05) is 48.5 Å². The molecule has 0 bridgehead atoms. The van der Waals surface area contributed by atoms with E-state index in [0.29, 0.717) is 0 Å². The highest BCUT2D eigenvalue weighted by molar-refractivity contribution is 6.30. The molecule has 2 aromatic carbocycles. The van der Waals surface area contributed by atoms with Crippen molar-refractivity contribution in [1.29, 1.82) is 0 Å². The second-order valence-electron chi connectivity index (χ2n) is 5.25. The molecule has 20 heavy (non-hydrogen) atoms. The van der Waals surface area contributed by atoms with E-state index in [1.165, 1.54) is 0 Å². The number of aliphatic hydroxyl groups excluding tert-OH is 1. The Morgan fingerprint density at radius 2 is 1.85 bits per heavy atom. The molecule has 2 rings (SSSR count). The summed E-state index contributed by atoms with van der Waals surface area (Å²) in [5, 5.41) is 10.6. The van der Waals surface area contributed by atoms with E-state index in [-0.39, 0.29) is 12.0 Å². The summed E-state index contributed by atoms with van der Waals surface area (Å²) in [7, 11) is 1.65. The van der Waals surface area contributed by atoms with Crippen LogP contribution in [0.5, 0.6) is 5.75 Å². The van der Waals surface area contributed by atoms with Crippen LogP contribution in [0, 0.1) is 0 Å². The molecule has 0 aromatic heterocycles. The first-order valence-corrected chi connectivity index (χ1v) is 6.95. The summed E-state index contributed by atoms with van der Waals surface area (Å²) in [4.78, 5) is 0. The van der Waals surface area contributed by atoms with Gasteiger partial charge in [-0.1, -0.05) is 42.8 Å². The molecule has 0 amide bonds. The minimum Gasteiger partial charge on any atom is -0.497 e. The molecular formula is C17H19ClO2. The fourth-order valence-corrected chi connectivity index (χ4v) is 2.43. The summed E-state index contributed by atoms with van der Waals surface area (Å²) < 4.78 is 5.26. The topological polar surface area (TPSA) is 29.5 Å². The van der Waals surface area contributed by atoms with Crippen LogP contribution in [0.4, 0.5) is 0 Å². The summed E-state index contributed by atoms with van der Waals surface area (Å²) >= 11 is 5.91. The van der Waals surface area contributed by atoms with Crippen LogP contribution < -0.4 is 4.74 Å². The van der Waals surface area contributed by atoms with E-state index in [2.05, 4.69) is 6.92 Å². The zero-order valence-electron chi connectivity index (χ0n) is 11.8. The van der Waals surface area contributed by atoms with E-state index in [4.69, 9.17) is 16.3 Å². The second kappa shape index (κ2) is 6.29. The van der Waals surface area contributed by atoms with Crippen LogP contribution in [0.1, 0.15) is 18.1 Å². The Labute approximate surface area is 125 Å². The van der Waals surface area contributed by atoms with Gasteiger partial charge in [0, 0.05) is 10.4 Å². The van der Waals surface area contributed by atoms with Gasteiger partial charge in [-0.25, -0.2) is 0 Å². The van der Waals surface area contributed by atoms with E-state index in [9.17, 15) is 5.11 Å². The van der Waals surface area contributed by atoms with Gasteiger partial charge in [0.05, 0.1) is 13.7 Å². The molecule has 0 fully saturated rings. The normalized spacial score (nSPS) is 13.8. The predicted octanol–water partition coefficient (Wildman–Crippen LogP) is 3.84. The van der Waals surface area contributed by atoms with Gasteiger partial charge in [-0.15, -0.1) is 0 Å². The Kier molecular flexibility index (Phi) is 4.69. The third kappa shape index (κ3) is 3.33. The summed E-state index contributed by atoms with van der Waals surface area (Å²) in [6, 6.07) is 15.6. The number of benzene rings is 2. The average Bonchev–Trinajstić information content (AvgIpc) is 2.49. The first kappa shape index (κ1) is 14.9. The molecule has 2 nitrogen and oxygen atoms in total. The molecule has 1 unspecified atom stereocenters. The van der Waals surface area contributed by atoms with Gasteiger partial charge in [-0.05, 0) is 41.8 Å². The summed E-state index contributed by atoms with van der Waals surface area (Å²) in [6.07, 6.45) is 0.744. The number of rotatable bonds is 5. The van der Waals surface area contributed by atoms with Crippen LogP contribution in [-0.4, -0.2) is 18.8 Å². The first-order valence-electron chi connectivity index (χ1n) is 6.57. The van der Waals surface area contributed by atoms with E-state index in [0.717, 1.165) is 28.3 Å². The lowest BCUT2D eigenvalue weighted by atomic mass is 9.78. The van der Waals surface area contributed by atoms with Crippen molar-refractivity contribution in [3.8, 4) is 5.75 Å². The lowest BCUT2D eigenvalue weighted by molar-refractivity contribution is 0.204. The number of halogens is 1. The molecule has 1 N–H and O–H groups in total. The molecule has 0 aliphatic carbocycles. The Morgan fingerprint density at radius 3 is 2.45 bits per heavy atom. The Hall–Kier alpha value is -1.51. The standard InChI is InChI=1S/C17H19ClO2/c1-17(12-19,11-13-6-8-15(18)9-7-13)14-4-3-5-16(10-14)20-2/h3-10,19H,11-12H2,1-2H3. The van der Waals surface area contributed by atoms with Gasteiger partial charge in [-0.3, -0.25) is 0 Å². The molecule has 0 spiro atoms. The highest BCUT2D eigenvalue weighted by Crippen LogP contribution is 2.30. The lowest BCUT2D eigenvalue weighted by Gasteiger charge is -2.28. The van der Waals surface area contributed by atoms with Crippen molar-refractivity contribution in [3.05, 3.63) is 64.7 Å². The largest absolute Gasteiger partial charge is 0.497 e. The molecule has 3 heteroatoms. The molecule has 2 aromatic rings. The number of aliphatic hydroxyl groups is 1. The van der Waals surface area contributed by atoms with Crippen molar-refractivity contribution in [1.82, 2.24) is 0 Å². The maximum Gasteiger partial charge on any atom is 0.119 e. The van der Waals surface area contributed by atoms with Crippen LogP contribution >= 0.6 is 11.6 Å². The molecule has 0 heterocycles. The number of hydrogen-bond acceptors (Lipinski definition) is 2. The van der Waals surface area contributed by atoms with E-state index < -0.39 is 0 Å². The van der Waals surface area contributed by atoms with Crippen molar-refractivity contribution in [2.45, 2.75) is 18.8 Å². The summed E-state index contributed by atoms with van der Waals surface area (Å²) in [6.45, 7) is 2.12. The lowest BCUT2D eigenvalue weighted by Crippen LogP contribution is -2.29. The summed E-state index contributed by atoms with van der Waals surface area (Å²) in [5.74, 6) is 0.804. The van der Waals surface area contributed by atoms with Crippen molar-refractivity contribution < 1.29 is 9.84 Å². The zero-order valence-corrected chi connectivity index (χ0v) is 12.5. The van der Waals surface area contributed by atoms with E-state index >= 15 is 0 Å². The first-order chi connectivity index (χ1) is 9.57. The van der Waals surface area contributed by atoms with Crippen LogP contribution in [-0.2, 0) is 11.8 Å². The Balaban J connectivity index is 2.30. The van der Waals surface area contributed by atoms with E-state index in [1.54, 1.807) is 7.11 Å². The second-order valence-corrected chi connectivity index (χ2v) is 5.69. The fourth-order valence-electron chi connectivity index (χ4n) is 2.30. The average molecular weight is 291 g/mol. The van der Waals surface area contributed by atoms with Gasteiger partial charge < -0.3 is 9.84 Å². The SMILES string of the molecule is COc1cccc(C(C)(CO)Cc2ccc(Cl)cc2)c1. The van der Waals surface area contributed by atoms with Gasteiger partial charge >= 0.3 is 0 Å². The molecular weight excluding hydrogens is 272 g/mol. The molecule has 1 atom stereocenters. The number of hydrogen-bond donors (Lipinski definition) is 1. The third-order valence-corrected chi connectivity index (χ3v) is 3.88. The number of methoxy groups -OCH3 is 1. The Bertz CT molecular complexity index is 565. The minimum absolute atomic E-state index is 0.0722. The van der Waals surface area contributed by atoms with Crippen LogP contribution in [0.2, 0.25) is 5.02 Å². The van der Waals surface area contributed by atoms with Crippen LogP contribution in [0.25, 0.3) is 0 Å². The monoisotopic (exact) mass is 290 g/mol. The third-order valence-electron chi connectivity index (χ3n) is 3.62. The van der Waals surface area contributed by atoms with Gasteiger partial charge in [0.1, 0.15) is 5.75 Å². The van der Waals surface area contributed by atoms with Crippen LogP contribution in [0.15, 0.2) is 48.5 Å². The smallest absolute Gasteiger partial charge is 0.119 e. The summed E-state index contributed by atoms with van der Waals surface area (Å²) in [5.41, 5.74) is 1.87. The van der Waals surface area contributed by atoms with Crippen molar-refractivity contribution in [3.63, 3.8) is 0 Å². The molecule has 0 radical (unpaired) electrons. The molecule has 106 valence electrons. The minimum atomic E-state index is -0.345. The van der Waals surface area contributed by atoms with Gasteiger partial charge in [0.15, 0.2) is 0 Å². The molecule has 0 aliphatic heterocycles. The van der Waals surface area contributed by atoms with Gasteiger partial charge in [-0.2, -0.15) is 0 Å². The van der Waals surface area contributed by atoms with Gasteiger partial charge in [0.2, 0.25) is 0 Å². The highest BCUT2D eigenvalue weighted by Gasteiger charge is 2.26. The molecule has 0 aliphatic rings. The van der Waals surface area contributed by atoms with Crippen molar-refractivity contribution >= 4 is 11.6 Å². The number of ether oxygens (including phenoxy) is 1. The fraction of sp³-hybridized carbons (Fsp3) is 0.294. The molecule has 0 saturated heterocycles. The maximum absolute atomic E-state index is 9.85. The highest BCUT2D eigenvalue weighted by atomic mass is 35.5. The zero-order chi connectivity index (χ0) is 14.6. The van der Waals surface area contributed by atoms with Crippen LogP contribution in [0.3, 0.4) is 0 Å². The quantitative estimate of drug-likeness (QED) is 0.906. The van der Waals surface area contributed by atoms with Crippen molar-refractivity contribution in [2.75, 3.05) is 13.7 Å².